The van der Waals surface area contributed by atoms with Crippen LogP contribution in [-0.2, 0) is 4.79 Å². The number of carbonyl (C=O) groups excluding carboxylic acids is 1. The van der Waals surface area contributed by atoms with E-state index in [1.807, 2.05) is 74.0 Å². The minimum Gasteiger partial charge on any atom is -0.325 e. The lowest BCUT2D eigenvalue weighted by Crippen LogP contribution is -2.41. The summed E-state index contributed by atoms with van der Waals surface area (Å²) in [6.45, 7) is 5.91. The van der Waals surface area contributed by atoms with E-state index in [2.05, 4.69) is 20.9 Å². The second-order valence-corrected chi connectivity index (χ2v) is 7.84. The summed E-state index contributed by atoms with van der Waals surface area (Å²) in [5, 5.41) is 11.7. The van der Waals surface area contributed by atoms with Crippen LogP contribution in [0.25, 0.3) is 0 Å². The second kappa shape index (κ2) is 7.08. The monoisotopic (exact) mass is 379 g/mol. The van der Waals surface area contributed by atoms with Crippen molar-refractivity contribution < 1.29 is 4.79 Å². The third-order valence-electron chi connectivity index (χ3n) is 4.67. The third-order valence-corrected chi connectivity index (χ3v) is 5.88. The number of nitrogens with zero attached hydrogens (tertiary/aromatic N) is 3. The predicted molar refractivity (Wildman–Crippen MR) is 107 cm³/mol. The molecule has 0 bridgehead atoms. The molecular formula is C20H21N5OS. The van der Waals surface area contributed by atoms with Crippen LogP contribution in [0.15, 0.2) is 53.7 Å². The minimum absolute atomic E-state index is 0.0537. The molecule has 138 valence electrons. The van der Waals surface area contributed by atoms with Gasteiger partial charge in [0.15, 0.2) is 0 Å². The van der Waals surface area contributed by atoms with E-state index in [0.29, 0.717) is 5.16 Å². The van der Waals surface area contributed by atoms with Crippen molar-refractivity contribution in [3.8, 4) is 0 Å². The number of hydrogen-bond acceptors (Lipinski definition) is 5. The summed E-state index contributed by atoms with van der Waals surface area (Å²) in [6, 6.07) is 15.9. The average Bonchev–Trinajstić information content (AvgIpc) is 3.04. The Kier molecular flexibility index (Phi) is 4.61. The molecule has 1 aliphatic rings. The summed E-state index contributed by atoms with van der Waals surface area (Å²) in [4.78, 5) is 13.2. The van der Waals surface area contributed by atoms with Gasteiger partial charge in [-0.05, 0) is 43.5 Å². The van der Waals surface area contributed by atoms with Gasteiger partial charge in [0.05, 0.1) is 6.04 Å². The molecule has 2 N–H and O–H groups in total. The molecule has 0 aliphatic carbocycles. The summed E-state index contributed by atoms with van der Waals surface area (Å²) >= 11 is 1.43. The molecule has 2 atom stereocenters. The van der Waals surface area contributed by atoms with Gasteiger partial charge in [-0.15, -0.1) is 10.2 Å². The second-order valence-electron chi connectivity index (χ2n) is 6.73. The Bertz CT molecular complexity index is 985. The first kappa shape index (κ1) is 17.6. The highest BCUT2D eigenvalue weighted by Gasteiger charge is 2.37. The van der Waals surface area contributed by atoms with Crippen molar-refractivity contribution in [2.24, 2.45) is 0 Å². The van der Waals surface area contributed by atoms with Crippen molar-refractivity contribution in [2.75, 3.05) is 10.7 Å². The molecular weight excluding hydrogens is 358 g/mol. The van der Waals surface area contributed by atoms with Crippen LogP contribution in [0.5, 0.6) is 0 Å². The molecule has 2 heterocycles. The highest BCUT2D eigenvalue weighted by atomic mass is 32.2. The molecule has 1 aliphatic heterocycles. The molecule has 1 amide bonds. The first-order valence-corrected chi connectivity index (χ1v) is 9.69. The molecule has 0 spiro atoms. The average molecular weight is 379 g/mol. The number of aryl methyl sites for hydroxylation is 3. The zero-order valence-electron chi connectivity index (χ0n) is 15.4. The lowest BCUT2D eigenvalue weighted by atomic mass is 10.0. The van der Waals surface area contributed by atoms with Crippen molar-refractivity contribution in [1.82, 2.24) is 14.9 Å². The number of amides is 1. The molecule has 0 radical (unpaired) electrons. The van der Waals surface area contributed by atoms with Gasteiger partial charge in [0.1, 0.15) is 11.1 Å². The van der Waals surface area contributed by atoms with E-state index in [1.165, 1.54) is 11.8 Å². The first-order valence-electron chi connectivity index (χ1n) is 8.81. The van der Waals surface area contributed by atoms with E-state index < -0.39 is 0 Å². The van der Waals surface area contributed by atoms with Gasteiger partial charge in [-0.3, -0.25) is 4.79 Å². The topological polar surface area (TPSA) is 71.8 Å². The molecule has 27 heavy (non-hydrogen) atoms. The lowest BCUT2D eigenvalue weighted by Gasteiger charge is -2.32. The number of hydrogen-bond donors (Lipinski definition) is 2. The molecule has 0 unspecified atom stereocenters. The summed E-state index contributed by atoms with van der Waals surface area (Å²) in [6.07, 6.45) is 0. The Morgan fingerprint density at radius 2 is 1.89 bits per heavy atom. The molecule has 7 heteroatoms. The fraction of sp³-hybridized carbons (Fsp3) is 0.250. The Balaban J connectivity index is 1.67. The van der Waals surface area contributed by atoms with Gasteiger partial charge in [0.25, 0.3) is 0 Å². The Morgan fingerprint density at radius 1 is 1.11 bits per heavy atom. The maximum atomic E-state index is 13.2. The Labute approximate surface area is 162 Å². The number of fused-ring (bicyclic) bond motifs is 1. The van der Waals surface area contributed by atoms with E-state index in [1.54, 1.807) is 0 Å². The van der Waals surface area contributed by atoms with Gasteiger partial charge < -0.3 is 10.7 Å². The van der Waals surface area contributed by atoms with E-state index in [9.17, 15) is 4.79 Å². The zero-order valence-corrected chi connectivity index (χ0v) is 16.2. The summed E-state index contributed by atoms with van der Waals surface area (Å²) in [5.74, 6) is 0.716. The van der Waals surface area contributed by atoms with Gasteiger partial charge >= 0.3 is 0 Å². The highest BCUT2D eigenvalue weighted by molar-refractivity contribution is 8.00. The first-order chi connectivity index (χ1) is 13.0. The molecule has 0 saturated carbocycles. The van der Waals surface area contributed by atoms with Gasteiger partial charge in [-0.25, -0.2) is 4.68 Å². The fourth-order valence-electron chi connectivity index (χ4n) is 3.15. The van der Waals surface area contributed by atoms with E-state index in [0.717, 1.165) is 28.2 Å². The highest BCUT2D eigenvalue weighted by Crippen LogP contribution is 2.37. The van der Waals surface area contributed by atoms with Crippen LogP contribution in [0.4, 0.5) is 5.69 Å². The molecule has 0 saturated heterocycles. The largest absolute Gasteiger partial charge is 0.325 e. The zero-order chi connectivity index (χ0) is 19.0. The predicted octanol–water partition coefficient (Wildman–Crippen LogP) is 3.60. The number of thioether (sulfide) groups is 1. The summed E-state index contributed by atoms with van der Waals surface area (Å²) in [5.41, 5.74) is 7.45. The number of rotatable bonds is 3. The molecule has 4 rings (SSSR count). The lowest BCUT2D eigenvalue weighted by molar-refractivity contribution is -0.116. The molecule has 3 aromatic rings. The molecule has 1 aromatic heterocycles. The van der Waals surface area contributed by atoms with Crippen molar-refractivity contribution in [1.29, 1.82) is 0 Å². The van der Waals surface area contributed by atoms with Crippen molar-refractivity contribution in [3.63, 3.8) is 0 Å². The maximum Gasteiger partial charge on any atom is 0.240 e. The minimum atomic E-state index is -0.372. The van der Waals surface area contributed by atoms with Gasteiger partial charge in [-0.2, -0.15) is 0 Å². The van der Waals surface area contributed by atoms with Gasteiger partial charge in [-0.1, -0.05) is 54.2 Å². The van der Waals surface area contributed by atoms with Crippen LogP contribution in [-0.4, -0.2) is 26.0 Å². The van der Waals surface area contributed by atoms with Crippen LogP contribution >= 0.6 is 11.8 Å². The van der Waals surface area contributed by atoms with Gasteiger partial charge in [0, 0.05) is 5.69 Å². The van der Waals surface area contributed by atoms with Crippen molar-refractivity contribution >= 4 is 23.4 Å². The Morgan fingerprint density at radius 3 is 2.67 bits per heavy atom. The number of nitrogens with one attached hydrogen (secondary N) is 2. The maximum absolute atomic E-state index is 13.2. The quantitative estimate of drug-likeness (QED) is 0.727. The molecule has 2 aromatic carbocycles. The third kappa shape index (κ3) is 3.42. The number of anilines is 1. The van der Waals surface area contributed by atoms with Crippen LogP contribution in [0.1, 0.15) is 28.6 Å². The van der Waals surface area contributed by atoms with E-state index in [-0.39, 0.29) is 17.2 Å². The molecule has 6 nitrogen and oxygen atoms in total. The fourth-order valence-corrected chi connectivity index (χ4v) is 4.27. The van der Waals surface area contributed by atoms with E-state index in [4.69, 9.17) is 0 Å². The summed E-state index contributed by atoms with van der Waals surface area (Å²) in [7, 11) is 0. The number of aromatic nitrogens is 3. The Hall–Kier alpha value is -2.80. The standard InChI is InChI=1S/C20H21N5OS/c1-12-9-10-13(2)16(11-12)21-19(26)18-17(15-7-5-4-6-8-15)24-25-14(3)22-23-20(25)27-18/h4-11,17-18,24H,1-3H3,(H,21,26)/t17-,18-/m0/s1. The normalized spacial score (nSPS) is 18.5. The van der Waals surface area contributed by atoms with Crippen molar-refractivity contribution in [3.05, 3.63) is 71.0 Å². The van der Waals surface area contributed by atoms with Gasteiger partial charge in [0.2, 0.25) is 11.1 Å². The summed E-state index contributed by atoms with van der Waals surface area (Å²) < 4.78 is 1.85. The smallest absolute Gasteiger partial charge is 0.240 e. The van der Waals surface area contributed by atoms with Crippen LogP contribution < -0.4 is 10.7 Å². The van der Waals surface area contributed by atoms with Crippen LogP contribution in [0.3, 0.4) is 0 Å². The van der Waals surface area contributed by atoms with E-state index >= 15 is 0 Å². The SMILES string of the molecule is Cc1ccc(C)c(NC(=O)[C@H]2Sc3nnc(C)n3N[C@H]2c2ccccc2)c1. The molecule has 0 fully saturated rings. The van der Waals surface area contributed by atoms with Crippen LogP contribution in [0.2, 0.25) is 0 Å². The van der Waals surface area contributed by atoms with Crippen molar-refractivity contribution in [2.45, 2.75) is 37.2 Å². The number of carbonyl (C=O) groups is 1. The number of benzene rings is 2. The van der Waals surface area contributed by atoms with Crippen LogP contribution in [0, 0.1) is 20.8 Å².